The van der Waals surface area contributed by atoms with Gasteiger partial charge in [-0.2, -0.15) is 0 Å². The van der Waals surface area contributed by atoms with Crippen LogP contribution >= 0.6 is 23.2 Å². The van der Waals surface area contributed by atoms with Gasteiger partial charge in [-0.3, -0.25) is 24.0 Å². The van der Waals surface area contributed by atoms with E-state index in [0.717, 1.165) is 27.7 Å². The quantitative estimate of drug-likeness (QED) is 0.210. The molecule has 0 radical (unpaired) electrons. The molecule has 2 aromatic rings. The van der Waals surface area contributed by atoms with E-state index in [1.54, 1.807) is 0 Å². The van der Waals surface area contributed by atoms with Crippen molar-refractivity contribution in [2.75, 3.05) is 13.2 Å². The first-order valence-electron chi connectivity index (χ1n) is 14.4. The summed E-state index contributed by atoms with van der Waals surface area (Å²) in [5, 5.41) is 5.52. The van der Waals surface area contributed by atoms with E-state index in [9.17, 15) is 37.2 Å². The van der Waals surface area contributed by atoms with Gasteiger partial charge in [0.15, 0.2) is 12.2 Å². The maximum atomic E-state index is 13.1. The van der Waals surface area contributed by atoms with Crippen molar-refractivity contribution < 1.29 is 60.9 Å². The number of ether oxygens (including phenoxy) is 5. The van der Waals surface area contributed by atoms with Gasteiger partial charge in [0, 0.05) is 39.3 Å². The highest BCUT2D eigenvalue weighted by molar-refractivity contribution is 7.90. The van der Waals surface area contributed by atoms with E-state index in [-0.39, 0.29) is 22.0 Å². The highest BCUT2D eigenvalue weighted by Crippen LogP contribution is 2.28. The molecular weight excluding hydrogens is 713 g/mol. The lowest BCUT2D eigenvalue weighted by Crippen LogP contribution is -2.67. The number of carbonyl (C=O) groups excluding carboxylic acids is 6. The summed E-state index contributed by atoms with van der Waals surface area (Å²) in [7, 11) is -4.50. The van der Waals surface area contributed by atoms with Gasteiger partial charge in [-0.15, -0.1) is 0 Å². The van der Waals surface area contributed by atoms with E-state index >= 15 is 0 Å². The monoisotopic (exact) mass is 745 g/mol. The second-order valence-corrected chi connectivity index (χ2v) is 13.0. The van der Waals surface area contributed by atoms with Crippen molar-refractivity contribution in [3.8, 4) is 0 Å². The lowest BCUT2D eigenvalue weighted by Gasteiger charge is -2.44. The summed E-state index contributed by atoms with van der Waals surface area (Å²) in [4.78, 5) is 72.5. The fourth-order valence-electron chi connectivity index (χ4n) is 4.61. The molecular formula is C30H33Cl2N3O13S. The normalized spacial score (nSPS) is 20.2. The van der Waals surface area contributed by atoms with Crippen LogP contribution in [0.2, 0.25) is 10.0 Å². The Morgan fingerprint density at radius 2 is 1.43 bits per heavy atom. The topological polar surface area (TPSA) is 219 Å². The number of rotatable bonds is 12. The molecule has 0 aliphatic carbocycles. The number of urea groups is 1. The average Bonchev–Trinajstić information content (AvgIpc) is 2.98. The Kier molecular flexibility index (Phi) is 13.8. The van der Waals surface area contributed by atoms with Crippen molar-refractivity contribution in [3.05, 3.63) is 63.6 Å². The van der Waals surface area contributed by atoms with E-state index in [2.05, 4.69) is 10.6 Å². The summed E-state index contributed by atoms with van der Waals surface area (Å²) in [6, 6.07) is 6.88. The first kappa shape index (κ1) is 39.0. The first-order valence-corrected chi connectivity index (χ1v) is 16.7. The van der Waals surface area contributed by atoms with Gasteiger partial charge in [0.1, 0.15) is 18.8 Å². The van der Waals surface area contributed by atoms with E-state index < -0.39 is 83.1 Å². The third-order valence-electron chi connectivity index (χ3n) is 6.62. The molecule has 266 valence electrons. The molecule has 5 unspecified atom stereocenters. The van der Waals surface area contributed by atoms with Gasteiger partial charge in [0.2, 0.25) is 6.29 Å². The van der Waals surface area contributed by atoms with Crippen molar-refractivity contribution in [1.29, 1.82) is 0 Å². The van der Waals surface area contributed by atoms with Crippen molar-refractivity contribution in [2.24, 2.45) is 0 Å². The molecule has 1 heterocycles. The second-order valence-electron chi connectivity index (χ2n) is 10.5. The first-order chi connectivity index (χ1) is 23.0. The number of hydrogen-bond donors (Lipinski definition) is 3. The minimum atomic E-state index is -4.50. The summed E-state index contributed by atoms with van der Waals surface area (Å²) in [5.41, 5.74) is 0.886. The fourth-order valence-corrected chi connectivity index (χ4v) is 6.02. The molecule has 0 saturated carbocycles. The van der Waals surface area contributed by atoms with Crippen LogP contribution in [0.15, 0.2) is 47.4 Å². The van der Waals surface area contributed by atoms with Crippen molar-refractivity contribution in [3.63, 3.8) is 0 Å². The SMILES string of the molecule is CC(=O)OCC1OC(OC(C)=O)C(NC(=O)NS(=O)(=O)c2ccc(CCNC(=O)c3ccc(Cl)cc3Cl)cc2)C(OC(C)=O)C1OC(C)=O. The van der Waals surface area contributed by atoms with Crippen LogP contribution in [0.5, 0.6) is 0 Å². The van der Waals surface area contributed by atoms with Crippen LogP contribution < -0.4 is 15.4 Å². The summed E-state index contributed by atoms with van der Waals surface area (Å²) < 4.78 is 54.3. The summed E-state index contributed by atoms with van der Waals surface area (Å²) in [5.74, 6) is -3.85. The van der Waals surface area contributed by atoms with Gasteiger partial charge in [-0.25, -0.2) is 17.9 Å². The lowest BCUT2D eigenvalue weighted by atomic mass is 9.96. The number of halogens is 2. The number of amides is 3. The molecule has 0 aromatic heterocycles. The molecule has 19 heteroatoms. The zero-order valence-electron chi connectivity index (χ0n) is 26.5. The highest BCUT2D eigenvalue weighted by atomic mass is 35.5. The summed E-state index contributed by atoms with van der Waals surface area (Å²) >= 11 is 11.9. The number of nitrogens with one attached hydrogen (secondary N) is 3. The Morgan fingerprint density at radius 1 is 0.816 bits per heavy atom. The van der Waals surface area contributed by atoms with E-state index in [4.69, 9.17) is 46.9 Å². The van der Waals surface area contributed by atoms with Crippen LogP contribution in [-0.4, -0.2) is 88.0 Å². The maximum Gasteiger partial charge on any atom is 0.329 e. The second kappa shape index (κ2) is 17.3. The molecule has 0 bridgehead atoms. The number of esters is 4. The number of carbonyl (C=O) groups is 6. The van der Waals surface area contributed by atoms with Gasteiger partial charge in [-0.1, -0.05) is 35.3 Å². The van der Waals surface area contributed by atoms with Gasteiger partial charge in [-0.05, 0) is 42.3 Å². The van der Waals surface area contributed by atoms with Crippen molar-refractivity contribution in [2.45, 2.75) is 69.7 Å². The molecule has 16 nitrogen and oxygen atoms in total. The lowest BCUT2D eigenvalue weighted by molar-refractivity contribution is -0.270. The van der Waals surface area contributed by atoms with Crippen LogP contribution in [0.4, 0.5) is 4.79 Å². The summed E-state index contributed by atoms with van der Waals surface area (Å²) in [6.07, 6.45) is -5.85. The zero-order chi connectivity index (χ0) is 36.5. The minimum Gasteiger partial charge on any atom is -0.463 e. The van der Waals surface area contributed by atoms with Crippen molar-refractivity contribution in [1.82, 2.24) is 15.4 Å². The third-order valence-corrected chi connectivity index (χ3v) is 8.51. The predicted octanol–water partition coefficient (Wildman–Crippen LogP) is 2.04. The Balaban J connectivity index is 1.73. The smallest absolute Gasteiger partial charge is 0.329 e. The standard InChI is InChI=1S/C30H33Cl2N3O13S/c1-15(36)44-14-24-26(45-16(2)37)27(46-17(3)38)25(29(48-24)47-18(4)39)34-30(41)35-49(42,43)21-8-5-19(6-9-21)11-12-33-28(40)22-10-7-20(31)13-23(22)32/h5-10,13,24-27,29H,11-12,14H2,1-4H3,(H,33,40)(H2,34,35,41). The largest absolute Gasteiger partial charge is 0.463 e. The van der Waals surface area contributed by atoms with Crippen LogP contribution in [0.25, 0.3) is 0 Å². The zero-order valence-corrected chi connectivity index (χ0v) is 28.8. The molecule has 3 amide bonds. The van der Waals surface area contributed by atoms with Crippen LogP contribution in [0.3, 0.4) is 0 Å². The maximum absolute atomic E-state index is 13.1. The van der Waals surface area contributed by atoms with Crippen LogP contribution in [-0.2, 0) is 59.3 Å². The highest BCUT2D eigenvalue weighted by Gasteiger charge is 2.52. The molecule has 1 saturated heterocycles. The van der Waals surface area contributed by atoms with Crippen LogP contribution in [0.1, 0.15) is 43.6 Å². The molecule has 3 N–H and O–H groups in total. The molecule has 0 spiro atoms. The van der Waals surface area contributed by atoms with Crippen LogP contribution in [0, 0.1) is 0 Å². The van der Waals surface area contributed by atoms with Gasteiger partial charge in [0.05, 0.1) is 15.5 Å². The van der Waals surface area contributed by atoms with E-state index in [0.29, 0.717) is 17.0 Å². The Morgan fingerprint density at radius 3 is 2.00 bits per heavy atom. The molecule has 1 fully saturated rings. The third kappa shape index (κ3) is 11.6. The number of hydrogen-bond acceptors (Lipinski definition) is 13. The summed E-state index contributed by atoms with van der Waals surface area (Å²) in [6.45, 7) is 3.81. The fraction of sp³-hybridized carbons (Fsp3) is 0.400. The molecule has 1 aliphatic rings. The predicted molar refractivity (Wildman–Crippen MR) is 170 cm³/mol. The number of sulfonamides is 1. The minimum absolute atomic E-state index is 0.184. The molecule has 2 aromatic carbocycles. The Bertz CT molecular complexity index is 1690. The van der Waals surface area contributed by atoms with E-state index in [1.807, 2.05) is 4.72 Å². The Labute approximate surface area is 291 Å². The number of benzene rings is 2. The van der Waals surface area contributed by atoms with Gasteiger partial charge in [0.25, 0.3) is 15.9 Å². The van der Waals surface area contributed by atoms with Gasteiger partial charge >= 0.3 is 29.9 Å². The molecule has 49 heavy (non-hydrogen) atoms. The molecule has 5 atom stereocenters. The average molecular weight is 747 g/mol. The Hall–Kier alpha value is -4.45. The van der Waals surface area contributed by atoms with Gasteiger partial charge < -0.3 is 34.3 Å². The van der Waals surface area contributed by atoms with Crippen molar-refractivity contribution >= 4 is 69.0 Å². The molecule has 3 rings (SSSR count). The van der Waals surface area contributed by atoms with E-state index in [1.165, 1.54) is 42.5 Å². The molecule has 1 aliphatic heterocycles.